The van der Waals surface area contributed by atoms with Crippen molar-refractivity contribution in [1.82, 2.24) is 10.2 Å². The topological polar surface area (TPSA) is 69.3 Å². The van der Waals surface area contributed by atoms with Gasteiger partial charge in [-0.2, -0.15) is 0 Å². The van der Waals surface area contributed by atoms with Gasteiger partial charge in [-0.3, -0.25) is 4.79 Å². The van der Waals surface area contributed by atoms with Gasteiger partial charge in [-0.25, -0.2) is 0 Å². The first-order valence-electron chi connectivity index (χ1n) is 9.66. The predicted molar refractivity (Wildman–Crippen MR) is 108 cm³/mol. The highest BCUT2D eigenvalue weighted by molar-refractivity contribution is 7.80. The van der Waals surface area contributed by atoms with E-state index >= 15 is 0 Å². The van der Waals surface area contributed by atoms with E-state index in [1.54, 1.807) is 14.0 Å². The van der Waals surface area contributed by atoms with Gasteiger partial charge >= 0.3 is 5.97 Å². The highest BCUT2D eigenvalue weighted by Gasteiger charge is 2.59. The summed E-state index contributed by atoms with van der Waals surface area (Å²) < 4.78 is 22.9. The average molecular weight is 409 g/mol. The number of rotatable bonds is 8. The Kier molecular flexibility index (Phi) is 6.30. The molecule has 7 nitrogen and oxygen atoms in total. The van der Waals surface area contributed by atoms with Crippen molar-refractivity contribution in [1.29, 1.82) is 0 Å². The van der Waals surface area contributed by atoms with Gasteiger partial charge < -0.3 is 29.2 Å². The molecule has 2 aliphatic heterocycles. The summed E-state index contributed by atoms with van der Waals surface area (Å²) in [4.78, 5) is 14.9. The number of nitrogens with one attached hydrogen (secondary N) is 1. The van der Waals surface area contributed by atoms with Crippen LogP contribution in [0.2, 0.25) is 0 Å². The smallest absolute Gasteiger partial charge is 0.317 e. The number of para-hydroxylation sites is 1. The minimum Gasteiger partial charge on any atom is -0.490 e. The number of hydrogen-bond acceptors (Lipinski definition) is 6. The highest BCUT2D eigenvalue weighted by atomic mass is 32.1. The molecule has 28 heavy (non-hydrogen) atoms. The van der Waals surface area contributed by atoms with Crippen LogP contribution in [0.15, 0.2) is 18.2 Å². The summed E-state index contributed by atoms with van der Waals surface area (Å²) in [5.74, 6) is 0.411. The fraction of sp³-hybridized carbons (Fsp3) is 0.600. The zero-order valence-corrected chi connectivity index (χ0v) is 17.6. The lowest BCUT2D eigenvalue weighted by Gasteiger charge is -2.55. The maximum Gasteiger partial charge on any atom is 0.317 e. The molecule has 1 N–H and O–H groups in total. The molecule has 0 unspecified atom stereocenters. The molecule has 3 atom stereocenters. The number of nitrogens with zero attached hydrogens (tertiary/aromatic N) is 1. The van der Waals surface area contributed by atoms with Crippen LogP contribution in [0.25, 0.3) is 0 Å². The van der Waals surface area contributed by atoms with Gasteiger partial charge in [-0.05, 0) is 45.5 Å². The maximum absolute atomic E-state index is 13.0. The maximum atomic E-state index is 13.0. The van der Waals surface area contributed by atoms with E-state index in [0.29, 0.717) is 43.0 Å². The van der Waals surface area contributed by atoms with E-state index in [2.05, 4.69) is 5.32 Å². The molecule has 0 aromatic heterocycles. The van der Waals surface area contributed by atoms with Crippen molar-refractivity contribution in [3.8, 4) is 11.5 Å². The summed E-state index contributed by atoms with van der Waals surface area (Å²) in [6.07, 6.45) is 0.747. The molecule has 1 aromatic rings. The van der Waals surface area contributed by atoms with Gasteiger partial charge in [0.25, 0.3) is 0 Å². The molecule has 3 rings (SSSR count). The number of benzene rings is 1. The van der Waals surface area contributed by atoms with Gasteiger partial charge in [0, 0.05) is 25.8 Å². The first-order valence-corrected chi connectivity index (χ1v) is 10.1. The lowest BCUT2D eigenvalue weighted by atomic mass is 9.79. The lowest BCUT2D eigenvalue weighted by Crippen LogP contribution is -2.71. The van der Waals surface area contributed by atoms with Crippen LogP contribution in [0.5, 0.6) is 11.5 Å². The fourth-order valence-corrected chi connectivity index (χ4v) is 4.39. The van der Waals surface area contributed by atoms with Crippen LogP contribution >= 0.6 is 12.2 Å². The third-order valence-electron chi connectivity index (χ3n) is 5.19. The Labute approximate surface area is 171 Å². The van der Waals surface area contributed by atoms with Gasteiger partial charge in [0.2, 0.25) is 0 Å². The van der Waals surface area contributed by atoms with Gasteiger partial charge in [0.1, 0.15) is 5.92 Å². The third kappa shape index (κ3) is 3.51. The Bertz CT molecular complexity index is 743. The summed E-state index contributed by atoms with van der Waals surface area (Å²) in [5, 5.41) is 3.90. The summed E-state index contributed by atoms with van der Waals surface area (Å²) >= 11 is 5.63. The van der Waals surface area contributed by atoms with Gasteiger partial charge in [0.15, 0.2) is 22.3 Å². The first kappa shape index (κ1) is 20.7. The van der Waals surface area contributed by atoms with Crippen LogP contribution in [0.4, 0.5) is 0 Å². The molecule has 0 amide bonds. The molecule has 0 radical (unpaired) electrons. The van der Waals surface area contributed by atoms with E-state index in [-0.39, 0.29) is 12.0 Å². The van der Waals surface area contributed by atoms with Crippen molar-refractivity contribution in [2.45, 2.75) is 39.0 Å². The fourth-order valence-electron chi connectivity index (χ4n) is 3.99. The Morgan fingerprint density at radius 1 is 1.36 bits per heavy atom. The summed E-state index contributed by atoms with van der Waals surface area (Å²) in [6, 6.07) is 5.36. The lowest BCUT2D eigenvalue weighted by molar-refractivity contribution is -0.175. The standard InChI is InChI=1S/C20H28N2O5S/c1-5-25-14-10-7-9-13-16-15(18(23)26-6-2)20(3,27-17(13)14)22(19(28)21-16)11-8-12-24-4/h7,9-10,15-16H,5-6,8,11-12H2,1-4H3,(H,21,28)/t15-,16+,20-/m0/s1. The number of esters is 1. The van der Waals surface area contributed by atoms with Crippen molar-refractivity contribution in [3.63, 3.8) is 0 Å². The van der Waals surface area contributed by atoms with Gasteiger partial charge in [-0.1, -0.05) is 12.1 Å². The molecule has 0 saturated carbocycles. The molecule has 0 spiro atoms. The summed E-state index contributed by atoms with van der Waals surface area (Å²) in [7, 11) is 1.66. The number of hydrogen-bond donors (Lipinski definition) is 1. The Hall–Kier alpha value is -2.06. The van der Waals surface area contributed by atoms with E-state index in [1.807, 2.05) is 36.9 Å². The number of ether oxygens (including phenoxy) is 4. The molecule has 2 bridgehead atoms. The molecular weight excluding hydrogens is 380 g/mol. The van der Waals surface area contributed by atoms with Crippen molar-refractivity contribution in [2.75, 3.05) is 33.5 Å². The normalized spacial score (nSPS) is 25.4. The van der Waals surface area contributed by atoms with Crippen LogP contribution in [-0.4, -0.2) is 55.2 Å². The van der Waals surface area contributed by atoms with E-state index in [4.69, 9.17) is 31.2 Å². The summed E-state index contributed by atoms with van der Waals surface area (Å²) in [6.45, 7) is 7.62. The molecule has 1 fully saturated rings. The average Bonchev–Trinajstić information content (AvgIpc) is 2.65. The van der Waals surface area contributed by atoms with Crippen LogP contribution in [-0.2, 0) is 14.3 Å². The first-order chi connectivity index (χ1) is 13.5. The molecule has 1 aromatic carbocycles. The molecular formula is C20H28N2O5S. The molecule has 2 aliphatic rings. The second kappa shape index (κ2) is 8.53. The van der Waals surface area contributed by atoms with Crippen LogP contribution in [0.3, 0.4) is 0 Å². The van der Waals surface area contributed by atoms with Crippen molar-refractivity contribution < 1.29 is 23.7 Å². The molecule has 0 aliphatic carbocycles. The Morgan fingerprint density at radius 3 is 2.82 bits per heavy atom. The monoisotopic (exact) mass is 408 g/mol. The zero-order valence-electron chi connectivity index (χ0n) is 16.8. The van der Waals surface area contributed by atoms with Crippen LogP contribution < -0.4 is 14.8 Å². The number of methoxy groups -OCH3 is 1. The number of fused-ring (bicyclic) bond motifs is 4. The highest BCUT2D eigenvalue weighted by Crippen LogP contribution is 2.51. The zero-order chi connectivity index (χ0) is 20.3. The minimum absolute atomic E-state index is 0.304. The SMILES string of the molecule is CCOC(=O)[C@@H]1[C@@H]2NC(=S)N(CCCOC)[C@@]1(C)Oc1c(OCC)cccc12. The van der Waals surface area contributed by atoms with E-state index < -0.39 is 11.6 Å². The third-order valence-corrected chi connectivity index (χ3v) is 5.53. The van der Waals surface area contributed by atoms with E-state index in [9.17, 15) is 4.79 Å². The second-order valence-corrected chi connectivity index (χ2v) is 7.31. The molecule has 8 heteroatoms. The molecule has 1 saturated heterocycles. The molecule has 2 heterocycles. The van der Waals surface area contributed by atoms with E-state index in [1.165, 1.54) is 0 Å². The van der Waals surface area contributed by atoms with Gasteiger partial charge in [0.05, 0.1) is 19.3 Å². The van der Waals surface area contributed by atoms with Gasteiger partial charge in [-0.15, -0.1) is 0 Å². The minimum atomic E-state index is -0.993. The Morgan fingerprint density at radius 2 is 2.14 bits per heavy atom. The van der Waals surface area contributed by atoms with Crippen molar-refractivity contribution >= 4 is 23.3 Å². The summed E-state index contributed by atoms with van der Waals surface area (Å²) in [5.41, 5.74) is -0.145. The second-order valence-electron chi connectivity index (χ2n) is 6.92. The van der Waals surface area contributed by atoms with Crippen molar-refractivity contribution in [3.05, 3.63) is 23.8 Å². The number of carbonyl (C=O) groups is 1. The quantitative estimate of drug-likeness (QED) is 0.400. The van der Waals surface area contributed by atoms with Crippen molar-refractivity contribution in [2.24, 2.45) is 5.92 Å². The Balaban J connectivity index is 2.07. The van der Waals surface area contributed by atoms with Crippen LogP contribution in [0.1, 0.15) is 38.8 Å². The van der Waals surface area contributed by atoms with E-state index in [0.717, 1.165) is 12.0 Å². The number of carbonyl (C=O) groups excluding carboxylic acids is 1. The predicted octanol–water partition coefficient (Wildman–Crippen LogP) is 2.64. The largest absolute Gasteiger partial charge is 0.490 e. The molecule has 154 valence electrons. The number of thiocarbonyl (C=S) groups is 1. The van der Waals surface area contributed by atoms with Crippen LogP contribution in [0, 0.1) is 5.92 Å².